The van der Waals surface area contributed by atoms with Crippen molar-refractivity contribution in [1.82, 2.24) is 9.97 Å². The largest absolute Gasteiger partial charge is 0.495 e. The zero-order valence-electron chi connectivity index (χ0n) is 16.5. The number of ether oxygens (including phenoxy) is 1. The molecule has 0 saturated carbocycles. The normalized spacial score (nSPS) is 13.2. The van der Waals surface area contributed by atoms with Crippen molar-refractivity contribution in [2.75, 3.05) is 24.4 Å². The van der Waals surface area contributed by atoms with Gasteiger partial charge >= 0.3 is 0 Å². The van der Waals surface area contributed by atoms with Gasteiger partial charge in [0.1, 0.15) is 12.4 Å². The monoisotopic (exact) mass is 414 g/mol. The van der Waals surface area contributed by atoms with Crippen molar-refractivity contribution < 1.29 is 19.4 Å². The van der Waals surface area contributed by atoms with Gasteiger partial charge in [-0.15, -0.1) is 0 Å². The number of aliphatic hydroxyl groups is 1. The molecule has 4 N–H and O–H groups in total. The molecule has 154 valence electrons. The first-order valence-electron chi connectivity index (χ1n) is 9.34. The van der Waals surface area contributed by atoms with E-state index in [1.165, 1.54) is 12.4 Å². The van der Waals surface area contributed by atoms with E-state index < -0.39 is 0 Å². The average Bonchev–Trinajstić information content (AvgIpc) is 3.36. The molecular weight excluding hydrogens is 396 g/mol. The number of nitrogens with zero attached hydrogens (tertiary/aromatic N) is 1. The number of aliphatic hydroxyl groups excluding tert-OH is 1. The SMILES string of the molecule is COc1cc[nH]c1/C=C1\C(=O)Nc2cc(NC(=O)c3ccncc3)cc(C#CCO)c21. The highest BCUT2D eigenvalue weighted by atomic mass is 16.5. The number of pyridine rings is 1. The lowest BCUT2D eigenvalue weighted by molar-refractivity contribution is -0.110. The van der Waals surface area contributed by atoms with E-state index in [2.05, 4.69) is 32.4 Å². The summed E-state index contributed by atoms with van der Waals surface area (Å²) in [6.45, 7) is -0.340. The van der Waals surface area contributed by atoms with Crippen LogP contribution in [-0.4, -0.2) is 40.6 Å². The Bertz CT molecular complexity index is 1250. The minimum atomic E-state index is -0.340. The Kier molecular flexibility index (Phi) is 5.51. The Morgan fingerprint density at radius 3 is 2.84 bits per heavy atom. The molecule has 1 aliphatic heterocycles. The van der Waals surface area contributed by atoms with Gasteiger partial charge in [0.2, 0.25) is 0 Å². The van der Waals surface area contributed by atoms with Crippen molar-refractivity contribution in [3.63, 3.8) is 0 Å². The van der Waals surface area contributed by atoms with Gasteiger partial charge in [-0.1, -0.05) is 11.8 Å². The van der Waals surface area contributed by atoms with Crippen LogP contribution in [0.5, 0.6) is 5.75 Å². The standard InChI is InChI=1S/C23H18N4O4/c1-31-20-6-9-25-18(20)13-17-21-15(3-2-10-28)11-16(12-19(21)27-23(17)30)26-22(29)14-4-7-24-8-5-14/h4-9,11-13,25,28H,10H2,1H3,(H,26,29)(H,27,30)/b17-13-. The summed E-state index contributed by atoms with van der Waals surface area (Å²) < 4.78 is 5.30. The number of amides is 2. The molecule has 2 amide bonds. The highest BCUT2D eigenvalue weighted by molar-refractivity contribution is 6.35. The number of carbonyl (C=O) groups is 2. The fourth-order valence-electron chi connectivity index (χ4n) is 3.29. The average molecular weight is 414 g/mol. The number of anilines is 2. The molecule has 31 heavy (non-hydrogen) atoms. The van der Waals surface area contributed by atoms with Crippen molar-refractivity contribution in [3.8, 4) is 17.6 Å². The van der Waals surface area contributed by atoms with E-state index >= 15 is 0 Å². The number of hydrogen-bond acceptors (Lipinski definition) is 5. The van der Waals surface area contributed by atoms with Gasteiger partial charge in [-0.25, -0.2) is 0 Å². The second kappa shape index (κ2) is 8.57. The van der Waals surface area contributed by atoms with Crippen LogP contribution in [0.25, 0.3) is 11.6 Å². The number of H-pyrrole nitrogens is 1. The summed E-state index contributed by atoms with van der Waals surface area (Å²) in [7, 11) is 1.55. The molecule has 1 aliphatic rings. The van der Waals surface area contributed by atoms with Crippen LogP contribution in [0.4, 0.5) is 11.4 Å². The first-order chi connectivity index (χ1) is 15.1. The number of benzene rings is 1. The minimum Gasteiger partial charge on any atom is -0.495 e. The lowest BCUT2D eigenvalue weighted by atomic mass is 9.98. The number of carbonyl (C=O) groups excluding carboxylic acids is 2. The second-order valence-corrected chi connectivity index (χ2v) is 6.57. The van der Waals surface area contributed by atoms with Crippen molar-refractivity contribution in [3.05, 3.63) is 71.3 Å². The Labute approximate surface area is 178 Å². The maximum atomic E-state index is 12.7. The maximum absolute atomic E-state index is 12.7. The number of rotatable bonds is 4. The van der Waals surface area contributed by atoms with Gasteiger partial charge < -0.3 is 25.5 Å². The molecule has 0 atom stereocenters. The third kappa shape index (κ3) is 4.03. The number of methoxy groups -OCH3 is 1. The fourth-order valence-corrected chi connectivity index (χ4v) is 3.29. The van der Waals surface area contributed by atoms with E-state index in [1.807, 2.05) is 0 Å². The zero-order valence-corrected chi connectivity index (χ0v) is 16.5. The molecule has 0 unspecified atom stereocenters. The Hall–Kier alpha value is -4.35. The van der Waals surface area contributed by atoms with Gasteiger partial charge in [0.25, 0.3) is 11.8 Å². The van der Waals surface area contributed by atoms with Crippen molar-refractivity contribution >= 4 is 34.8 Å². The molecule has 0 aliphatic carbocycles. The van der Waals surface area contributed by atoms with Crippen molar-refractivity contribution in [2.24, 2.45) is 0 Å². The summed E-state index contributed by atoms with van der Waals surface area (Å²) in [6, 6.07) is 8.29. The summed E-state index contributed by atoms with van der Waals surface area (Å²) in [6.07, 6.45) is 6.45. The van der Waals surface area contributed by atoms with Crippen LogP contribution in [0.3, 0.4) is 0 Å². The third-order valence-electron chi connectivity index (χ3n) is 4.65. The summed E-state index contributed by atoms with van der Waals surface area (Å²) in [4.78, 5) is 32.2. The lowest BCUT2D eigenvalue weighted by Gasteiger charge is -2.10. The van der Waals surface area contributed by atoms with Crippen LogP contribution in [-0.2, 0) is 4.79 Å². The number of hydrogen-bond donors (Lipinski definition) is 4. The molecule has 0 saturated heterocycles. The zero-order chi connectivity index (χ0) is 21.8. The fraction of sp³-hybridized carbons (Fsp3) is 0.0870. The number of aromatic nitrogens is 2. The van der Waals surface area contributed by atoms with Gasteiger partial charge in [-0.05, 0) is 36.4 Å². The van der Waals surface area contributed by atoms with Gasteiger partial charge in [-0.2, -0.15) is 0 Å². The van der Waals surface area contributed by atoms with E-state index in [4.69, 9.17) is 9.84 Å². The van der Waals surface area contributed by atoms with E-state index in [1.54, 1.807) is 49.7 Å². The Balaban J connectivity index is 1.77. The molecule has 0 bridgehead atoms. The molecule has 8 nitrogen and oxygen atoms in total. The van der Waals surface area contributed by atoms with Crippen LogP contribution in [0.15, 0.2) is 48.9 Å². The lowest BCUT2D eigenvalue weighted by Crippen LogP contribution is -2.12. The molecule has 8 heteroatoms. The summed E-state index contributed by atoms with van der Waals surface area (Å²) in [5.74, 6) is 5.45. The van der Waals surface area contributed by atoms with E-state index in [9.17, 15) is 9.59 Å². The Morgan fingerprint density at radius 1 is 1.29 bits per heavy atom. The third-order valence-corrected chi connectivity index (χ3v) is 4.65. The molecule has 1 aromatic carbocycles. The van der Waals surface area contributed by atoms with Gasteiger partial charge in [0.15, 0.2) is 0 Å². The predicted molar refractivity (Wildman–Crippen MR) is 116 cm³/mol. The first-order valence-corrected chi connectivity index (χ1v) is 9.34. The van der Waals surface area contributed by atoms with E-state index in [-0.39, 0.29) is 18.4 Å². The van der Waals surface area contributed by atoms with E-state index in [0.29, 0.717) is 45.1 Å². The molecule has 3 heterocycles. The van der Waals surface area contributed by atoms with Crippen LogP contribution in [0, 0.1) is 11.8 Å². The van der Waals surface area contributed by atoms with Gasteiger partial charge in [0.05, 0.1) is 24.1 Å². The quantitative estimate of drug-likeness (QED) is 0.387. The number of fused-ring (bicyclic) bond motifs is 1. The Morgan fingerprint density at radius 2 is 2.10 bits per heavy atom. The topological polar surface area (TPSA) is 116 Å². The summed E-state index contributed by atoms with van der Waals surface area (Å²) in [5.41, 5.74) is 3.53. The van der Waals surface area contributed by atoms with Crippen molar-refractivity contribution in [2.45, 2.75) is 0 Å². The number of nitrogens with one attached hydrogen (secondary N) is 3. The predicted octanol–water partition coefficient (Wildman–Crippen LogP) is 2.51. The van der Waals surface area contributed by atoms with Crippen LogP contribution in [0.2, 0.25) is 0 Å². The molecule has 2 aromatic heterocycles. The first kappa shape index (κ1) is 19.9. The van der Waals surface area contributed by atoms with Crippen molar-refractivity contribution in [1.29, 1.82) is 0 Å². The highest BCUT2D eigenvalue weighted by Crippen LogP contribution is 2.38. The van der Waals surface area contributed by atoms with Gasteiger partial charge in [-0.3, -0.25) is 14.6 Å². The van der Waals surface area contributed by atoms with Gasteiger partial charge in [0, 0.05) is 41.0 Å². The smallest absolute Gasteiger partial charge is 0.256 e. The molecular formula is C23H18N4O4. The summed E-state index contributed by atoms with van der Waals surface area (Å²) in [5, 5.41) is 14.8. The molecule has 0 spiro atoms. The second-order valence-electron chi connectivity index (χ2n) is 6.57. The summed E-state index contributed by atoms with van der Waals surface area (Å²) >= 11 is 0. The maximum Gasteiger partial charge on any atom is 0.256 e. The van der Waals surface area contributed by atoms with Crippen LogP contribution < -0.4 is 15.4 Å². The highest BCUT2D eigenvalue weighted by Gasteiger charge is 2.28. The minimum absolute atomic E-state index is 0.309. The molecule has 4 rings (SSSR count). The number of aromatic amines is 1. The van der Waals surface area contributed by atoms with Crippen LogP contribution in [0.1, 0.15) is 27.2 Å². The van der Waals surface area contributed by atoms with E-state index in [0.717, 1.165) is 0 Å². The molecule has 3 aromatic rings. The molecule has 0 radical (unpaired) electrons. The molecule has 0 fully saturated rings. The van der Waals surface area contributed by atoms with Crippen LogP contribution >= 0.6 is 0 Å².